The molecule has 1 aromatic heterocycles. The number of amides is 2. The Kier molecular flexibility index (Phi) is 5.30. The van der Waals surface area contributed by atoms with Gasteiger partial charge >= 0.3 is 0 Å². The van der Waals surface area contributed by atoms with E-state index in [1.165, 1.54) is 10.4 Å². The molecule has 11 heteroatoms. The minimum Gasteiger partial charge on any atom is -0.352 e. The van der Waals surface area contributed by atoms with E-state index in [-0.39, 0.29) is 48.3 Å². The Balaban J connectivity index is 1.34. The Morgan fingerprint density at radius 2 is 1.89 bits per heavy atom. The first-order valence-corrected chi connectivity index (χ1v) is 11.4. The average Bonchev–Trinajstić information content (AvgIpc) is 3.37. The fourth-order valence-electron chi connectivity index (χ4n) is 3.31. The van der Waals surface area contributed by atoms with Gasteiger partial charge in [0.1, 0.15) is 15.9 Å². The van der Waals surface area contributed by atoms with Crippen molar-refractivity contribution in [3.05, 3.63) is 18.2 Å². The summed E-state index contributed by atoms with van der Waals surface area (Å²) in [7, 11) is -3.70. The van der Waals surface area contributed by atoms with Gasteiger partial charge in [0.2, 0.25) is 21.8 Å². The summed E-state index contributed by atoms with van der Waals surface area (Å²) in [5, 5.41) is 5.47. The van der Waals surface area contributed by atoms with Crippen molar-refractivity contribution in [2.75, 3.05) is 19.6 Å². The van der Waals surface area contributed by atoms with E-state index >= 15 is 0 Å². The Morgan fingerprint density at radius 3 is 2.61 bits per heavy atom. The Morgan fingerprint density at radius 1 is 1.14 bits per heavy atom. The largest absolute Gasteiger partial charge is 0.352 e. The molecule has 2 N–H and O–H groups in total. The molecule has 1 aromatic carbocycles. The second-order valence-corrected chi connectivity index (χ2v) is 9.56. The van der Waals surface area contributed by atoms with E-state index in [0.29, 0.717) is 23.9 Å². The lowest BCUT2D eigenvalue weighted by molar-refractivity contribution is -0.129. The zero-order chi connectivity index (χ0) is 19.7. The predicted octanol–water partition coefficient (Wildman–Crippen LogP) is 0.487. The van der Waals surface area contributed by atoms with E-state index in [2.05, 4.69) is 19.4 Å². The third kappa shape index (κ3) is 4.01. The van der Waals surface area contributed by atoms with Crippen molar-refractivity contribution < 1.29 is 18.0 Å². The lowest BCUT2D eigenvalue weighted by atomic mass is 9.97. The number of sulfonamides is 1. The monoisotopic (exact) mass is 423 g/mol. The average molecular weight is 424 g/mol. The fourth-order valence-corrected chi connectivity index (χ4v) is 5.53. The third-order valence-electron chi connectivity index (χ3n) is 5.06. The van der Waals surface area contributed by atoms with Crippen LogP contribution >= 0.6 is 11.7 Å². The van der Waals surface area contributed by atoms with E-state index in [9.17, 15) is 18.0 Å². The maximum absolute atomic E-state index is 13.0. The van der Waals surface area contributed by atoms with E-state index in [4.69, 9.17) is 0 Å². The number of piperidine rings is 1. The van der Waals surface area contributed by atoms with Gasteiger partial charge in [-0.15, -0.1) is 0 Å². The van der Waals surface area contributed by atoms with Gasteiger partial charge in [-0.25, -0.2) is 8.42 Å². The number of carbonyl (C=O) groups excluding carboxylic acids is 2. The van der Waals surface area contributed by atoms with E-state index in [1.54, 1.807) is 12.1 Å². The van der Waals surface area contributed by atoms with Crippen LogP contribution in [0.15, 0.2) is 23.1 Å². The molecule has 28 heavy (non-hydrogen) atoms. The van der Waals surface area contributed by atoms with Gasteiger partial charge in [-0.05, 0) is 37.8 Å². The summed E-state index contributed by atoms with van der Waals surface area (Å²) in [5.41, 5.74) is 0.943. The summed E-state index contributed by atoms with van der Waals surface area (Å²) in [6, 6.07) is 5.18. The number of carbonyl (C=O) groups is 2. The molecule has 2 aromatic rings. The van der Waals surface area contributed by atoms with Crippen molar-refractivity contribution in [1.29, 1.82) is 0 Å². The smallest absolute Gasteiger partial charge is 0.245 e. The molecule has 2 amide bonds. The Bertz CT molecular complexity index is 994. The number of benzene rings is 1. The molecule has 2 heterocycles. The molecule has 0 bridgehead atoms. The van der Waals surface area contributed by atoms with Crippen molar-refractivity contribution in [2.45, 2.75) is 36.6 Å². The quantitative estimate of drug-likeness (QED) is 0.697. The summed E-state index contributed by atoms with van der Waals surface area (Å²) in [6.45, 7) is 0.470. The van der Waals surface area contributed by atoms with Crippen LogP contribution in [0.2, 0.25) is 0 Å². The first kappa shape index (κ1) is 19.2. The number of fused-ring (bicyclic) bond motifs is 1. The maximum Gasteiger partial charge on any atom is 0.245 e. The van der Waals surface area contributed by atoms with Gasteiger partial charge in [0.15, 0.2) is 0 Å². The van der Waals surface area contributed by atoms with Crippen molar-refractivity contribution in [3.63, 3.8) is 0 Å². The first-order chi connectivity index (χ1) is 13.4. The second kappa shape index (κ2) is 7.72. The highest BCUT2D eigenvalue weighted by Gasteiger charge is 2.33. The zero-order valence-corrected chi connectivity index (χ0v) is 16.8. The molecule has 4 rings (SSSR count). The van der Waals surface area contributed by atoms with Crippen molar-refractivity contribution in [2.24, 2.45) is 5.92 Å². The second-order valence-electron chi connectivity index (χ2n) is 7.13. The number of hydrogen-bond acceptors (Lipinski definition) is 7. The van der Waals surface area contributed by atoms with E-state index in [0.717, 1.165) is 24.6 Å². The lowest BCUT2D eigenvalue weighted by Crippen LogP contribution is -2.45. The molecular weight excluding hydrogens is 402 g/mol. The highest BCUT2D eigenvalue weighted by atomic mass is 32.2. The van der Waals surface area contributed by atoms with Gasteiger partial charge < -0.3 is 10.6 Å². The van der Waals surface area contributed by atoms with Crippen LogP contribution < -0.4 is 10.6 Å². The molecule has 2 aliphatic rings. The molecule has 0 radical (unpaired) electrons. The minimum atomic E-state index is -3.70. The Hall–Kier alpha value is -2.11. The number of aromatic nitrogens is 2. The molecule has 0 atom stereocenters. The van der Waals surface area contributed by atoms with E-state index < -0.39 is 10.0 Å². The summed E-state index contributed by atoms with van der Waals surface area (Å²) >= 11 is 0.981. The van der Waals surface area contributed by atoms with Crippen LogP contribution in [0.3, 0.4) is 0 Å². The van der Waals surface area contributed by atoms with Gasteiger partial charge in [-0.1, -0.05) is 6.07 Å². The van der Waals surface area contributed by atoms with Gasteiger partial charge in [0.05, 0.1) is 18.3 Å². The van der Waals surface area contributed by atoms with Crippen LogP contribution in [0, 0.1) is 5.92 Å². The molecule has 1 saturated heterocycles. The van der Waals surface area contributed by atoms with Crippen LogP contribution in [0.1, 0.15) is 25.7 Å². The highest BCUT2D eigenvalue weighted by Crippen LogP contribution is 2.28. The predicted molar refractivity (Wildman–Crippen MR) is 103 cm³/mol. The summed E-state index contributed by atoms with van der Waals surface area (Å²) in [6.07, 6.45) is 2.83. The van der Waals surface area contributed by atoms with Crippen molar-refractivity contribution >= 4 is 44.6 Å². The summed E-state index contributed by atoms with van der Waals surface area (Å²) in [4.78, 5) is 24.1. The summed E-state index contributed by atoms with van der Waals surface area (Å²) < 4.78 is 35.6. The molecule has 2 fully saturated rings. The first-order valence-electron chi connectivity index (χ1n) is 9.23. The maximum atomic E-state index is 13.0. The molecule has 1 saturated carbocycles. The third-order valence-corrected chi connectivity index (χ3v) is 7.53. The molecule has 0 spiro atoms. The van der Waals surface area contributed by atoms with Crippen LogP contribution in [-0.2, 0) is 19.6 Å². The zero-order valence-electron chi connectivity index (χ0n) is 15.1. The van der Waals surface area contributed by atoms with Crippen LogP contribution in [0.4, 0.5) is 0 Å². The lowest BCUT2D eigenvalue weighted by Gasteiger charge is -2.30. The number of nitrogens with zero attached hydrogens (tertiary/aromatic N) is 3. The molecule has 9 nitrogen and oxygen atoms in total. The SMILES string of the molecule is O=C(CNC(=O)C1CCN(S(=O)(=O)c2cccc3nsnc23)CC1)NC1CC1. The van der Waals surface area contributed by atoms with Gasteiger partial charge in [-0.3, -0.25) is 9.59 Å². The highest BCUT2D eigenvalue weighted by molar-refractivity contribution is 7.89. The van der Waals surface area contributed by atoms with Gasteiger partial charge in [0.25, 0.3) is 0 Å². The normalized spacial score (nSPS) is 18.9. The molecule has 150 valence electrons. The van der Waals surface area contributed by atoms with Crippen LogP contribution in [-0.4, -0.2) is 59.0 Å². The topological polar surface area (TPSA) is 121 Å². The standard InChI is InChI=1S/C17H21N5O4S2/c23-15(19-12-4-5-12)10-18-17(24)11-6-8-22(9-7-11)28(25,26)14-3-1-2-13-16(14)21-27-20-13/h1-3,11-12H,4-10H2,(H,18,24)(H,19,23). The number of rotatable bonds is 6. The summed E-state index contributed by atoms with van der Waals surface area (Å²) in [5.74, 6) is -0.675. The van der Waals surface area contributed by atoms with Gasteiger partial charge in [0, 0.05) is 25.0 Å². The molecule has 1 aliphatic heterocycles. The number of nitrogens with one attached hydrogen (secondary N) is 2. The van der Waals surface area contributed by atoms with Crippen molar-refractivity contribution in [3.8, 4) is 0 Å². The van der Waals surface area contributed by atoms with E-state index in [1.807, 2.05) is 0 Å². The molecular formula is C17H21N5O4S2. The van der Waals surface area contributed by atoms with Crippen LogP contribution in [0.5, 0.6) is 0 Å². The van der Waals surface area contributed by atoms with Gasteiger partial charge in [-0.2, -0.15) is 13.1 Å². The Labute approximate surface area is 166 Å². The number of hydrogen-bond donors (Lipinski definition) is 2. The molecule has 1 aliphatic carbocycles. The fraction of sp³-hybridized carbons (Fsp3) is 0.529. The molecule has 0 unspecified atom stereocenters. The minimum absolute atomic E-state index is 0.0351. The van der Waals surface area contributed by atoms with Crippen LogP contribution in [0.25, 0.3) is 11.0 Å². The van der Waals surface area contributed by atoms with Crippen molar-refractivity contribution in [1.82, 2.24) is 23.7 Å².